The van der Waals surface area contributed by atoms with Crippen molar-refractivity contribution in [3.63, 3.8) is 0 Å². The highest BCUT2D eigenvalue weighted by molar-refractivity contribution is 9.09. The molecule has 0 aliphatic carbocycles. The maximum absolute atomic E-state index is 8.79. The molecule has 0 aliphatic rings. The van der Waals surface area contributed by atoms with E-state index in [0.717, 1.165) is 0 Å². The first-order chi connectivity index (χ1) is 3.72. The summed E-state index contributed by atoms with van der Waals surface area (Å²) >= 11 is 8.40. The van der Waals surface area contributed by atoms with Crippen LogP contribution in [0.4, 0.5) is 0 Å². The van der Waals surface area contributed by atoms with E-state index in [1.54, 1.807) is 0 Å². The second-order valence-electron chi connectivity index (χ2n) is 1.42. The highest BCUT2D eigenvalue weighted by atomic mass is 79.9. The van der Waals surface area contributed by atoms with Crippen molar-refractivity contribution in [2.75, 3.05) is 11.9 Å². The van der Waals surface area contributed by atoms with Crippen LogP contribution >= 0.6 is 27.5 Å². The van der Waals surface area contributed by atoms with E-state index < -0.39 is 11.5 Å². The molecule has 2 unspecified atom stereocenters. The van der Waals surface area contributed by atoms with Gasteiger partial charge in [0.05, 0.1) is 18.1 Å². The molecule has 0 aromatic rings. The third-order valence-corrected chi connectivity index (χ3v) is 1.84. The Morgan fingerprint density at radius 1 is 1.62 bits per heavy atom. The lowest BCUT2D eigenvalue weighted by Gasteiger charge is -2.09. The van der Waals surface area contributed by atoms with Gasteiger partial charge in [-0.15, -0.1) is 11.6 Å². The molecule has 50 valence electrons. The molecule has 8 heavy (non-hydrogen) atoms. The van der Waals surface area contributed by atoms with Gasteiger partial charge < -0.3 is 10.2 Å². The zero-order valence-corrected chi connectivity index (χ0v) is 6.56. The quantitative estimate of drug-likeness (QED) is 0.650. The summed E-state index contributed by atoms with van der Waals surface area (Å²) in [6.07, 6.45) is -0.651. The van der Waals surface area contributed by atoms with Crippen LogP contribution in [-0.2, 0) is 0 Å². The summed E-state index contributed by atoms with van der Waals surface area (Å²) in [5.41, 5.74) is 0. The van der Waals surface area contributed by atoms with Gasteiger partial charge in [-0.2, -0.15) is 0 Å². The van der Waals surface area contributed by atoms with Gasteiger partial charge in [0.15, 0.2) is 0 Å². The lowest BCUT2D eigenvalue weighted by atomic mass is 10.3. The Balaban J connectivity index is 3.29. The molecule has 0 fully saturated rings. The van der Waals surface area contributed by atoms with Gasteiger partial charge in [-0.3, -0.25) is 0 Å². The first kappa shape index (κ1) is 8.69. The number of hydrogen-bond donors (Lipinski definition) is 2. The minimum absolute atomic E-state index is 0.186. The van der Waals surface area contributed by atoms with Gasteiger partial charge in [-0.1, -0.05) is 15.9 Å². The molecule has 0 aliphatic heterocycles. The molecule has 2 atom stereocenters. The smallest absolute Gasteiger partial charge is 0.0834 e. The van der Waals surface area contributed by atoms with Crippen molar-refractivity contribution in [1.29, 1.82) is 0 Å². The number of alkyl halides is 2. The van der Waals surface area contributed by atoms with Crippen LogP contribution in [0.25, 0.3) is 0 Å². The molecular weight excluding hydrogens is 195 g/mol. The van der Waals surface area contributed by atoms with Crippen LogP contribution < -0.4 is 0 Å². The molecule has 2 nitrogen and oxygen atoms in total. The Morgan fingerprint density at radius 3 is 2.25 bits per heavy atom. The Hall–Kier alpha value is 0.690. The van der Waals surface area contributed by atoms with Gasteiger partial charge in [0.2, 0.25) is 0 Å². The molecule has 0 aromatic carbocycles. The highest BCUT2D eigenvalue weighted by Crippen LogP contribution is 2.03. The lowest BCUT2D eigenvalue weighted by Crippen LogP contribution is -2.25. The topological polar surface area (TPSA) is 40.5 Å². The number of halogens is 2. The van der Waals surface area contributed by atoms with Gasteiger partial charge in [-0.25, -0.2) is 0 Å². The fourth-order valence-electron chi connectivity index (χ4n) is 0.218. The second kappa shape index (κ2) is 4.56. The SMILES string of the molecule is OCC(Cl)C(O)CBr. The number of rotatable bonds is 3. The van der Waals surface area contributed by atoms with Gasteiger partial charge in [0.25, 0.3) is 0 Å². The fourth-order valence-corrected chi connectivity index (χ4v) is 0.974. The first-order valence-corrected chi connectivity index (χ1v) is 3.77. The maximum atomic E-state index is 8.79. The van der Waals surface area contributed by atoms with Crippen LogP contribution in [0.3, 0.4) is 0 Å². The predicted molar refractivity (Wildman–Crippen MR) is 36.5 cm³/mol. The van der Waals surface area contributed by atoms with E-state index in [1.165, 1.54) is 0 Å². The highest BCUT2D eigenvalue weighted by Gasteiger charge is 2.12. The molecule has 0 rings (SSSR count). The molecule has 4 heteroatoms. The Bertz CT molecular complexity index is 54.0. The van der Waals surface area contributed by atoms with Gasteiger partial charge in [0, 0.05) is 5.33 Å². The fraction of sp³-hybridized carbons (Fsp3) is 1.00. The van der Waals surface area contributed by atoms with Crippen molar-refractivity contribution in [3.05, 3.63) is 0 Å². The van der Waals surface area contributed by atoms with E-state index >= 15 is 0 Å². The Morgan fingerprint density at radius 2 is 2.12 bits per heavy atom. The first-order valence-electron chi connectivity index (χ1n) is 2.21. The summed E-state index contributed by atoms with van der Waals surface area (Å²) in [4.78, 5) is 0. The molecule has 0 amide bonds. The zero-order chi connectivity index (χ0) is 6.57. The molecule has 0 aromatic heterocycles. The minimum atomic E-state index is -0.651. The number of aliphatic hydroxyl groups is 2. The Kier molecular flexibility index (Phi) is 4.95. The van der Waals surface area contributed by atoms with Crippen LogP contribution in [-0.4, -0.2) is 33.6 Å². The van der Waals surface area contributed by atoms with Crippen molar-refractivity contribution in [1.82, 2.24) is 0 Å². The van der Waals surface area contributed by atoms with Gasteiger partial charge >= 0.3 is 0 Å². The molecule has 0 bridgehead atoms. The van der Waals surface area contributed by atoms with Crippen molar-refractivity contribution in [3.8, 4) is 0 Å². The molecule has 0 saturated carbocycles. The van der Waals surface area contributed by atoms with Gasteiger partial charge in [0.1, 0.15) is 0 Å². The summed E-state index contributed by atoms with van der Waals surface area (Å²) in [5, 5.41) is 17.0. The van der Waals surface area contributed by atoms with Crippen molar-refractivity contribution >= 4 is 27.5 Å². The minimum Gasteiger partial charge on any atom is -0.395 e. The molecule has 0 heterocycles. The molecule has 0 saturated heterocycles. The largest absolute Gasteiger partial charge is 0.395 e. The summed E-state index contributed by atoms with van der Waals surface area (Å²) in [6, 6.07) is 0. The van der Waals surface area contributed by atoms with Crippen LogP contribution in [0.5, 0.6) is 0 Å². The average molecular weight is 203 g/mol. The predicted octanol–water partition coefficient (Wildman–Crippen LogP) is 0.342. The summed E-state index contributed by atoms with van der Waals surface area (Å²) in [5.74, 6) is 0. The van der Waals surface area contributed by atoms with E-state index in [4.69, 9.17) is 21.8 Å². The van der Waals surface area contributed by atoms with Crippen LogP contribution in [0, 0.1) is 0 Å². The molecule has 0 radical (unpaired) electrons. The third kappa shape index (κ3) is 2.87. The summed E-state index contributed by atoms with van der Waals surface area (Å²) < 4.78 is 0. The van der Waals surface area contributed by atoms with Crippen molar-refractivity contribution in [2.45, 2.75) is 11.5 Å². The van der Waals surface area contributed by atoms with Crippen LogP contribution in [0.2, 0.25) is 0 Å². The maximum Gasteiger partial charge on any atom is 0.0834 e. The monoisotopic (exact) mass is 202 g/mol. The molecule has 0 spiro atoms. The normalized spacial score (nSPS) is 18.0. The third-order valence-electron chi connectivity index (χ3n) is 0.750. The zero-order valence-electron chi connectivity index (χ0n) is 4.22. The lowest BCUT2D eigenvalue weighted by molar-refractivity contribution is 0.158. The van der Waals surface area contributed by atoms with E-state index in [9.17, 15) is 0 Å². The molecular formula is C4H8BrClO2. The standard InChI is InChI=1S/C4H8BrClO2/c5-1-4(8)3(6)2-7/h3-4,7-8H,1-2H2. The van der Waals surface area contributed by atoms with Gasteiger partial charge in [-0.05, 0) is 0 Å². The van der Waals surface area contributed by atoms with E-state index in [0.29, 0.717) is 5.33 Å². The van der Waals surface area contributed by atoms with E-state index in [2.05, 4.69) is 15.9 Å². The number of aliphatic hydroxyl groups excluding tert-OH is 2. The second-order valence-corrected chi connectivity index (χ2v) is 2.63. The van der Waals surface area contributed by atoms with Crippen LogP contribution in [0.15, 0.2) is 0 Å². The van der Waals surface area contributed by atoms with E-state index in [1.807, 2.05) is 0 Å². The summed E-state index contributed by atoms with van der Waals surface area (Å²) in [7, 11) is 0. The average Bonchev–Trinajstić information content (AvgIpc) is 1.84. The van der Waals surface area contributed by atoms with Crippen molar-refractivity contribution in [2.24, 2.45) is 0 Å². The Labute approximate surface area is 61.6 Å². The van der Waals surface area contributed by atoms with Crippen LogP contribution in [0.1, 0.15) is 0 Å². The van der Waals surface area contributed by atoms with E-state index in [-0.39, 0.29) is 6.61 Å². The van der Waals surface area contributed by atoms with Crippen molar-refractivity contribution < 1.29 is 10.2 Å². The molecule has 2 N–H and O–H groups in total. The number of hydrogen-bond acceptors (Lipinski definition) is 2. The summed E-state index contributed by atoms with van der Waals surface area (Å²) in [6.45, 7) is -0.186.